The fourth-order valence-electron chi connectivity index (χ4n) is 2.52. The standard InChI is InChI=1S/C9H15N3O/c13-8-9(6-11-9)2-1-7-5-10-3-4-12(7)8/h7,10-11H,1-6H2. The highest BCUT2D eigenvalue weighted by atomic mass is 16.2. The van der Waals surface area contributed by atoms with Gasteiger partial charge in [0.25, 0.3) is 0 Å². The van der Waals surface area contributed by atoms with Gasteiger partial charge in [-0.2, -0.15) is 0 Å². The molecule has 4 nitrogen and oxygen atoms in total. The van der Waals surface area contributed by atoms with Gasteiger partial charge in [-0.15, -0.1) is 0 Å². The lowest BCUT2D eigenvalue weighted by Gasteiger charge is -2.42. The number of piperidine rings is 1. The smallest absolute Gasteiger partial charge is 0.244 e. The predicted molar refractivity (Wildman–Crippen MR) is 48.3 cm³/mol. The van der Waals surface area contributed by atoms with Crippen molar-refractivity contribution >= 4 is 5.91 Å². The van der Waals surface area contributed by atoms with E-state index in [-0.39, 0.29) is 5.54 Å². The molecule has 0 aromatic heterocycles. The second kappa shape index (κ2) is 2.45. The van der Waals surface area contributed by atoms with Gasteiger partial charge in [-0.25, -0.2) is 0 Å². The molecular formula is C9H15N3O. The zero-order valence-corrected chi connectivity index (χ0v) is 7.68. The maximum absolute atomic E-state index is 12.0. The van der Waals surface area contributed by atoms with Crippen LogP contribution < -0.4 is 10.6 Å². The maximum Gasteiger partial charge on any atom is 0.244 e. The molecule has 2 atom stereocenters. The van der Waals surface area contributed by atoms with Crippen LogP contribution in [0.2, 0.25) is 0 Å². The molecule has 1 amide bonds. The summed E-state index contributed by atoms with van der Waals surface area (Å²) in [4.78, 5) is 14.0. The van der Waals surface area contributed by atoms with Crippen LogP contribution >= 0.6 is 0 Å². The van der Waals surface area contributed by atoms with Crippen molar-refractivity contribution in [2.24, 2.45) is 0 Å². The highest BCUT2D eigenvalue weighted by Crippen LogP contribution is 2.33. The first-order valence-corrected chi connectivity index (χ1v) is 5.09. The first-order valence-electron chi connectivity index (χ1n) is 5.09. The van der Waals surface area contributed by atoms with Crippen molar-refractivity contribution < 1.29 is 4.79 Å². The number of carbonyl (C=O) groups is 1. The van der Waals surface area contributed by atoms with E-state index < -0.39 is 0 Å². The highest BCUT2D eigenvalue weighted by molar-refractivity contribution is 5.91. The van der Waals surface area contributed by atoms with Gasteiger partial charge < -0.3 is 10.2 Å². The van der Waals surface area contributed by atoms with Gasteiger partial charge in [0.05, 0.1) is 0 Å². The monoisotopic (exact) mass is 181 g/mol. The lowest BCUT2D eigenvalue weighted by molar-refractivity contribution is -0.140. The van der Waals surface area contributed by atoms with Crippen LogP contribution in [0.25, 0.3) is 0 Å². The van der Waals surface area contributed by atoms with Gasteiger partial charge in [0.2, 0.25) is 5.91 Å². The van der Waals surface area contributed by atoms with Gasteiger partial charge in [-0.3, -0.25) is 10.1 Å². The van der Waals surface area contributed by atoms with Crippen LogP contribution in [0.1, 0.15) is 12.8 Å². The van der Waals surface area contributed by atoms with Crippen molar-refractivity contribution in [2.75, 3.05) is 26.2 Å². The van der Waals surface area contributed by atoms with Crippen molar-refractivity contribution in [3.63, 3.8) is 0 Å². The number of nitrogens with zero attached hydrogens (tertiary/aromatic N) is 1. The van der Waals surface area contributed by atoms with Crippen LogP contribution in [-0.4, -0.2) is 48.6 Å². The second-order valence-corrected chi connectivity index (χ2v) is 4.33. The lowest BCUT2D eigenvalue weighted by Crippen LogP contribution is -2.60. The molecule has 3 saturated heterocycles. The molecule has 3 rings (SSSR count). The van der Waals surface area contributed by atoms with E-state index in [2.05, 4.69) is 15.5 Å². The predicted octanol–water partition coefficient (Wildman–Crippen LogP) is -1.08. The first-order chi connectivity index (χ1) is 6.32. The van der Waals surface area contributed by atoms with Crippen LogP contribution in [0.3, 0.4) is 0 Å². The summed E-state index contributed by atoms with van der Waals surface area (Å²) >= 11 is 0. The molecule has 0 aromatic rings. The van der Waals surface area contributed by atoms with Crippen molar-refractivity contribution in [1.82, 2.24) is 15.5 Å². The minimum absolute atomic E-state index is 0.117. The van der Waals surface area contributed by atoms with E-state index in [1.54, 1.807) is 0 Å². The molecule has 0 bridgehead atoms. The number of fused-ring (bicyclic) bond motifs is 1. The van der Waals surface area contributed by atoms with Crippen LogP contribution in [-0.2, 0) is 4.79 Å². The minimum Gasteiger partial charge on any atom is -0.336 e. The largest absolute Gasteiger partial charge is 0.336 e. The molecule has 0 radical (unpaired) electrons. The number of rotatable bonds is 0. The Morgan fingerprint density at radius 2 is 2.38 bits per heavy atom. The van der Waals surface area contributed by atoms with E-state index in [1.807, 2.05) is 0 Å². The van der Waals surface area contributed by atoms with E-state index in [0.717, 1.165) is 39.0 Å². The summed E-state index contributed by atoms with van der Waals surface area (Å²) < 4.78 is 0. The van der Waals surface area contributed by atoms with E-state index >= 15 is 0 Å². The van der Waals surface area contributed by atoms with E-state index in [1.165, 1.54) is 0 Å². The van der Waals surface area contributed by atoms with E-state index in [0.29, 0.717) is 11.9 Å². The Kier molecular flexibility index (Phi) is 1.46. The summed E-state index contributed by atoms with van der Waals surface area (Å²) in [5, 5.41) is 6.56. The molecule has 4 heteroatoms. The molecule has 3 aliphatic heterocycles. The zero-order chi connectivity index (χ0) is 8.89. The van der Waals surface area contributed by atoms with Crippen LogP contribution in [0.15, 0.2) is 0 Å². The minimum atomic E-state index is -0.117. The topological polar surface area (TPSA) is 54.3 Å². The second-order valence-electron chi connectivity index (χ2n) is 4.33. The molecular weight excluding hydrogens is 166 g/mol. The van der Waals surface area contributed by atoms with Gasteiger partial charge in [-0.05, 0) is 12.8 Å². The van der Waals surface area contributed by atoms with Crippen molar-refractivity contribution in [1.29, 1.82) is 0 Å². The lowest BCUT2D eigenvalue weighted by atomic mass is 9.90. The van der Waals surface area contributed by atoms with Gasteiger partial charge in [-0.1, -0.05) is 0 Å². The Labute approximate surface area is 77.7 Å². The zero-order valence-electron chi connectivity index (χ0n) is 7.68. The average Bonchev–Trinajstić information content (AvgIpc) is 2.94. The number of amides is 1. The molecule has 72 valence electrons. The molecule has 3 heterocycles. The average molecular weight is 181 g/mol. The third-order valence-corrected chi connectivity index (χ3v) is 3.53. The number of hydrogen-bond acceptors (Lipinski definition) is 3. The Morgan fingerprint density at radius 1 is 1.54 bits per heavy atom. The Hall–Kier alpha value is -0.610. The molecule has 2 unspecified atom stereocenters. The van der Waals surface area contributed by atoms with Crippen LogP contribution in [0, 0.1) is 0 Å². The fraction of sp³-hybridized carbons (Fsp3) is 0.889. The summed E-state index contributed by atoms with van der Waals surface area (Å²) in [6.07, 6.45) is 2.19. The van der Waals surface area contributed by atoms with Gasteiger partial charge >= 0.3 is 0 Å². The third kappa shape index (κ3) is 1.02. The Balaban J connectivity index is 1.82. The first kappa shape index (κ1) is 7.76. The van der Waals surface area contributed by atoms with Crippen molar-refractivity contribution in [3.8, 4) is 0 Å². The normalized spacial score (nSPS) is 43.5. The van der Waals surface area contributed by atoms with E-state index in [4.69, 9.17) is 0 Å². The number of hydrogen-bond donors (Lipinski definition) is 2. The molecule has 0 aliphatic carbocycles. The summed E-state index contributed by atoms with van der Waals surface area (Å²) in [6, 6.07) is 0.467. The fourth-order valence-corrected chi connectivity index (χ4v) is 2.52. The van der Waals surface area contributed by atoms with Gasteiger partial charge in [0, 0.05) is 32.2 Å². The number of nitrogens with one attached hydrogen (secondary N) is 2. The summed E-state index contributed by atoms with van der Waals surface area (Å²) in [5.74, 6) is 0.352. The maximum atomic E-state index is 12.0. The molecule has 13 heavy (non-hydrogen) atoms. The van der Waals surface area contributed by atoms with Gasteiger partial charge in [0.15, 0.2) is 0 Å². The molecule has 3 fully saturated rings. The molecule has 0 aromatic carbocycles. The van der Waals surface area contributed by atoms with Crippen LogP contribution in [0.4, 0.5) is 0 Å². The molecule has 0 saturated carbocycles. The molecule has 3 aliphatic rings. The molecule has 1 spiro atoms. The Morgan fingerprint density at radius 3 is 3.15 bits per heavy atom. The summed E-state index contributed by atoms with van der Waals surface area (Å²) in [6.45, 7) is 3.75. The van der Waals surface area contributed by atoms with Crippen LogP contribution in [0.5, 0.6) is 0 Å². The Bertz CT molecular complexity index is 249. The summed E-state index contributed by atoms with van der Waals surface area (Å²) in [7, 11) is 0. The SMILES string of the molecule is O=C1N2CCNCC2CCC12CN2. The van der Waals surface area contributed by atoms with Crippen molar-refractivity contribution in [2.45, 2.75) is 24.4 Å². The highest BCUT2D eigenvalue weighted by Gasteiger charge is 2.55. The van der Waals surface area contributed by atoms with Gasteiger partial charge in [0.1, 0.15) is 5.54 Å². The molecule has 2 N–H and O–H groups in total. The van der Waals surface area contributed by atoms with E-state index in [9.17, 15) is 4.79 Å². The number of piperazine rings is 1. The summed E-state index contributed by atoms with van der Waals surface area (Å²) in [5.41, 5.74) is -0.117. The number of carbonyl (C=O) groups excluding carboxylic acids is 1. The van der Waals surface area contributed by atoms with Crippen molar-refractivity contribution in [3.05, 3.63) is 0 Å². The quantitative estimate of drug-likeness (QED) is 0.468. The third-order valence-electron chi connectivity index (χ3n) is 3.53.